The van der Waals surface area contributed by atoms with Crippen molar-refractivity contribution >= 4 is 117 Å². The Kier molecular flexibility index (Phi) is 22.4. The Bertz CT molecular complexity index is 3730. The number of hydrogen-bond donors (Lipinski definition) is 0. The van der Waals surface area contributed by atoms with Gasteiger partial charge in [0.15, 0.2) is 17.5 Å². The molecular weight excluding hydrogens is 1380 g/mol. The van der Waals surface area contributed by atoms with Crippen LogP contribution in [0.3, 0.4) is 0 Å². The van der Waals surface area contributed by atoms with E-state index in [1.807, 2.05) is 0 Å². The first-order chi connectivity index (χ1) is 51.5. The predicted octanol–water partition coefficient (Wildman–Crippen LogP) is 9.48. The predicted molar refractivity (Wildman–Crippen MR) is 447 cm³/mol. The van der Waals surface area contributed by atoms with E-state index in [-0.39, 0.29) is 0 Å². The van der Waals surface area contributed by atoms with E-state index in [9.17, 15) is 0 Å². The smallest absolute Gasteiger partial charge is 0.178 e. The second-order valence-corrected chi connectivity index (χ2v) is 46.1. The maximum absolute atomic E-state index is 6.69. The Morgan fingerprint density at radius 1 is 0.210 bits per heavy atom. The monoisotopic (exact) mass is 1490 g/mol. The molecule has 8 aromatic rings. The molecule has 8 aliphatic heterocycles. The Balaban J connectivity index is 0.743. The Hall–Kier alpha value is -6.44. The summed E-state index contributed by atoms with van der Waals surface area (Å²) in [5.74, 6) is 2.08. The van der Waals surface area contributed by atoms with E-state index in [4.69, 9.17) is 37.9 Å². The molecule has 8 saturated heterocycles. The van der Waals surface area contributed by atoms with Gasteiger partial charge in [0.05, 0.1) is 132 Å². The van der Waals surface area contributed by atoms with Crippen LogP contribution in [0.5, 0.6) is 0 Å². The van der Waals surface area contributed by atoms with Gasteiger partial charge < -0.3 is 77.1 Å². The normalized spacial score (nSPS) is 21.5. The Labute approximate surface area is 626 Å². The molecule has 8 heterocycles. The molecular formula is C85H108N8O8P4+4. The van der Waals surface area contributed by atoms with E-state index in [0.29, 0.717) is 26.4 Å². The summed E-state index contributed by atoms with van der Waals surface area (Å²) in [5, 5.41) is 11.4. The topological polar surface area (TPSA) is 99.8 Å². The van der Waals surface area contributed by atoms with Crippen molar-refractivity contribution in [2.24, 2.45) is 0 Å². The summed E-state index contributed by atoms with van der Waals surface area (Å²) >= 11 is 0. The molecule has 16 rings (SSSR count). The van der Waals surface area contributed by atoms with E-state index in [0.717, 1.165) is 183 Å². The maximum Gasteiger partial charge on any atom is 0.178 e. The lowest BCUT2D eigenvalue weighted by atomic mass is 10.0. The van der Waals surface area contributed by atoms with Gasteiger partial charge in [0, 0.05) is 137 Å². The molecule has 0 radical (unpaired) electrons. The van der Waals surface area contributed by atoms with Gasteiger partial charge in [-0.25, -0.2) is 0 Å². The van der Waals surface area contributed by atoms with E-state index >= 15 is 0 Å². The first-order valence-electron chi connectivity index (χ1n) is 38.4. The molecule has 16 nitrogen and oxygen atoms in total. The van der Waals surface area contributed by atoms with Crippen molar-refractivity contribution in [3.05, 3.63) is 194 Å². The summed E-state index contributed by atoms with van der Waals surface area (Å²) < 4.78 is 48.3. The molecule has 8 aromatic carbocycles. The first kappa shape index (κ1) is 72.7. The van der Waals surface area contributed by atoms with Crippen molar-refractivity contribution in [3.8, 4) is 0 Å². The van der Waals surface area contributed by atoms with Gasteiger partial charge in [-0.2, -0.15) is 0 Å². The molecule has 2 atom stereocenters. The lowest BCUT2D eigenvalue weighted by molar-refractivity contribution is -0.0264. The van der Waals surface area contributed by atoms with Crippen LogP contribution in [0.2, 0.25) is 0 Å². The van der Waals surface area contributed by atoms with E-state index in [2.05, 4.69) is 260 Å². The summed E-state index contributed by atoms with van der Waals surface area (Å²) in [6.45, 7) is 34.3. The van der Waals surface area contributed by atoms with Crippen molar-refractivity contribution in [1.82, 2.24) is 0 Å². The van der Waals surface area contributed by atoms with Crippen LogP contribution in [-0.2, 0) is 37.9 Å². The number of morpholine rings is 8. The lowest BCUT2D eigenvalue weighted by Crippen LogP contribution is -2.72. The zero-order valence-corrected chi connectivity index (χ0v) is 65.8. The van der Waals surface area contributed by atoms with Crippen molar-refractivity contribution in [2.75, 3.05) is 275 Å². The quantitative estimate of drug-likeness (QED) is 0.0677. The molecule has 2 unspecified atom stereocenters. The number of hydrogen-bond acceptors (Lipinski definition) is 16. The molecule has 0 aromatic heterocycles. The van der Waals surface area contributed by atoms with Crippen LogP contribution in [0.1, 0.15) is 0 Å². The van der Waals surface area contributed by atoms with Gasteiger partial charge in [-0.05, 0) is 194 Å². The molecule has 8 aliphatic rings. The summed E-state index contributed by atoms with van der Waals surface area (Å²) in [4.78, 5) is 20.1. The number of ether oxygens (including phenoxy) is 8. The molecule has 105 heavy (non-hydrogen) atoms. The maximum atomic E-state index is 6.69. The highest BCUT2D eigenvalue weighted by atomic mass is 31.2. The van der Waals surface area contributed by atoms with Crippen molar-refractivity contribution in [2.45, 2.75) is 5.66 Å². The Morgan fingerprint density at radius 3 is 0.533 bits per heavy atom. The van der Waals surface area contributed by atoms with Crippen LogP contribution in [0.4, 0.5) is 45.5 Å². The third-order valence-corrected chi connectivity index (χ3v) is 44.5. The van der Waals surface area contributed by atoms with Gasteiger partial charge in [-0.1, -0.05) is 0 Å². The van der Waals surface area contributed by atoms with Crippen molar-refractivity contribution in [1.29, 1.82) is 0 Å². The summed E-state index contributed by atoms with van der Waals surface area (Å²) in [6, 6.07) is 78.1. The molecule has 0 bridgehead atoms. The first-order valence-corrected chi connectivity index (χ1v) is 48.1. The highest BCUT2D eigenvalue weighted by Crippen LogP contribution is 2.70. The largest absolute Gasteiger partial charge is 0.378 e. The molecule has 0 aliphatic carbocycles. The van der Waals surface area contributed by atoms with Crippen LogP contribution in [-0.4, -0.2) is 241 Å². The molecule has 0 N–H and O–H groups in total. The third kappa shape index (κ3) is 15.3. The fourth-order valence-corrected chi connectivity index (χ4v) is 39.6. The fraction of sp³-hybridized carbons (Fsp3) is 0.435. The minimum atomic E-state index is -2.18. The summed E-state index contributed by atoms with van der Waals surface area (Å²) in [6.07, 6.45) is 0. The average Bonchev–Trinajstić information content (AvgIpc) is 0.753. The fourth-order valence-electron chi connectivity index (χ4n) is 17.6. The number of benzene rings is 8. The van der Waals surface area contributed by atoms with Gasteiger partial charge in [0.25, 0.3) is 0 Å². The van der Waals surface area contributed by atoms with Crippen LogP contribution < -0.4 is 81.6 Å². The molecule has 552 valence electrons. The Morgan fingerprint density at radius 2 is 0.362 bits per heavy atom. The minimum Gasteiger partial charge on any atom is -0.378 e. The number of anilines is 8. The van der Waals surface area contributed by atoms with E-state index < -0.39 is 34.7 Å². The molecule has 0 saturated carbocycles. The van der Waals surface area contributed by atoms with Crippen LogP contribution in [0.25, 0.3) is 0 Å². The second-order valence-electron chi connectivity index (χ2n) is 30.2. The van der Waals surface area contributed by atoms with Crippen LogP contribution in [0.15, 0.2) is 194 Å². The number of nitrogens with zero attached hydrogens (tertiary/aromatic N) is 8. The highest BCUT2D eigenvalue weighted by molar-refractivity contribution is 8.04. The van der Waals surface area contributed by atoms with E-state index in [1.165, 1.54) is 87.9 Å². The molecule has 8 fully saturated rings. The lowest BCUT2D eigenvalue weighted by Gasteiger charge is -2.56. The summed E-state index contributed by atoms with van der Waals surface area (Å²) in [7, 11) is -8.57. The molecule has 20 heteroatoms. The second kappa shape index (κ2) is 32.4. The number of rotatable bonds is 20. The third-order valence-electron chi connectivity index (χ3n) is 24.0. The van der Waals surface area contributed by atoms with Gasteiger partial charge in [-0.3, -0.25) is 0 Å². The van der Waals surface area contributed by atoms with Gasteiger partial charge in [0.2, 0.25) is 0 Å². The van der Waals surface area contributed by atoms with Crippen molar-refractivity contribution < 1.29 is 37.9 Å². The van der Waals surface area contributed by atoms with Crippen LogP contribution in [0, 0.1) is 0 Å². The standard InChI is InChI=1S/C85H108N8O8P4/c1-102(77-21-5-69(6-22-77)86-37-51-94-52-38-86,78-23-7-70(8-24-78)87-39-53-95-54-40-87)67-104(3,81-29-13-73(14-30-81)90-45-59-98-60-46-90)83-33-17-75(18-34-83)92-49-63-100-65-85(92)66-101-64-50-93(85)76-19-35-84(36-20-76)105(4,82-31-15-74(16-32-82)91-47-61-99-62-48-91)68-103(2,79-25-9-71(10-26-79)88-41-55-96-56-42-88)80-27-11-72(12-28-80)89-43-57-97-58-44-89/h5-36H,37-68H2,1-4H3/q+4. The minimum absolute atomic E-state index is 0.520. The average molecular weight is 1490 g/mol. The summed E-state index contributed by atoms with van der Waals surface area (Å²) in [5.41, 5.74) is 9.42. The van der Waals surface area contributed by atoms with Gasteiger partial charge >= 0.3 is 0 Å². The zero-order valence-electron chi connectivity index (χ0n) is 62.2. The highest BCUT2D eigenvalue weighted by Gasteiger charge is 2.55. The van der Waals surface area contributed by atoms with Gasteiger partial charge in [0.1, 0.15) is 71.5 Å². The zero-order chi connectivity index (χ0) is 71.3. The molecule has 0 amide bonds. The molecule has 1 spiro atoms. The van der Waals surface area contributed by atoms with E-state index in [1.54, 1.807) is 0 Å². The van der Waals surface area contributed by atoms with Gasteiger partial charge in [-0.15, -0.1) is 0 Å². The SMILES string of the molecule is C[P+](C[P+](C)(c1ccc(N2CCOCC2)cc1)c1ccc(N2CCOCC23COCCN3c2ccc([P+](C)(C[P+](C)(c3ccc(N4CCOCC4)cc3)c3ccc(N4CCOCC4)cc3)c3ccc(N4CCOCC4)cc3)cc2)cc1)(c1ccc(N2CCOCC2)cc1)c1ccc(N2CCOCC2)cc1. The van der Waals surface area contributed by atoms with Crippen LogP contribution >= 0.6 is 29.0 Å². The van der Waals surface area contributed by atoms with Crippen molar-refractivity contribution in [3.63, 3.8) is 0 Å².